The maximum atomic E-state index is 12.7. The van der Waals surface area contributed by atoms with Gasteiger partial charge in [-0.15, -0.1) is 4.83 Å². The second-order valence-electron chi connectivity index (χ2n) is 4.80. The van der Waals surface area contributed by atoms with Crippen LogP contribution in [0.3, 0.4) is 0 Å². The molecule has 0 aromatic heterocycles. The molecule has 5 nitrogen and oxygen atoms in total. The Morgan fingerprint density at radius 1 is 1.12 bits per heavy atom. The fraction of sp³-hybridized carbons (Fsp3) is 0.333. The molecule has 142 valence electrons. The molecule has 25 heavy (non-hydrogen) atoms. The van der Waals surface area contributed by atoms with Crippen LogP contribution in [0.2, 0.25) is 0 Å². The zero-order valence-electron chi connectivity index (χ0n) is 12.4. The van der Waals surface area contributed by atoms with Gasteiger partial charge in [0.15, 0.2) is 0 Å². The minimum atomic E-state index is -5.72. The second-order valence-corrected chi connectivity index (χ2v) is 8.11. The SMILES string of the molecule is C=C(NNS(=O)(=O)c1cccc(C)c1)NC(I)(C(F)(F)F)C(F)(F)F. The highest BCUT2D eigenvalue weighted by Crippen LogP contribution is 2.48. The van der Waals surface area contributed by atoms with Crippen LogP contribution < -0.4 is 15.6 Å². The molecule has 13 heteroatoms. The zero-order chi connectivity index (χ0) is 19.7. The van der Waals surface area contributed by atoms with Gasteiger partial charge in [-0.2, -0.15) is 26.3 Å². The Balaban J connectivity index is 2.89. The lowest BCUT2D eigenvalue weighted by atomic mass is 10.2. The van der Waals surface area contributed by atoms with Crippen LogP contribution in [0, 0.1) is 6.92 Å². The predicted octanol–water partition coefficient (Wildman–Crippen LogP) is 3.09. The fourth-order valence-electron chi connectivity index (χ4n) is 1.51. The van der Waals surface area contributed by atoms with Crippen LogP contribution in [0.25, 0.3) is 0 Å². The first kappa shape index (κ1) is 21.8. The average molecular weight is 503 g/mol. The molecule has 0 atom stereocenters. The van der Waals surface area contributed by atoms with Crippen molar-refractivity contribution >= 4 is 32.6 Å². The van der Waals surface area contributed by atoms with Crippen molar-refractivity contribution in [2.75, 3.05) is 0 Å². The largest absolute Gasteiger partial charge is 0.429 e. The third-order valence-corrected chi connectivity index (χ3v) is 5.48. The highest BCUT2D eigenvalue weighted by Gasteiger charge is 2.70. The minimum absolute atomic E-state index is 0.141. The fourth-order valence-corrected chi connectivity index (χ4v) is 2.81. The summed E-state index contributed by atoms with van der Waals surface area (Å²) in [6.07, 6.45) is -11.4. The van der Waals surface area contributed by atoms with E-state index in [1.807, 2.05) is 0 Å². The average Bonchev–Trinajstić information content (AvgIpc) is 2.43. The number of halogens is 7. The van der Waals surface area contributed by atoms with Crippen LogP contribution in [0.15, 0.2) is 41.6 Å². The number of benzene rings is 1. The molecule has 1 aromatic carbocycles. The van der Waals surface area contributed by atoms with E-state index in [1.165, 1.54) is 18.2 Å². The number of nitrogens with one attached hydrogen (secondary N) is 3. The number of hydrogen-bond donors (Lipinski definition) is 3. The number of sulfonamides is 1. The van der Waals surface area contributed by atoms with Crippen molar-refractivity contribution in [1.29, 1.82) is 0 Å². The van der Waals surface area contributed by atoms with Crippen LogP contribution in [0.1, 0.15) is 5.56 Å². The topological polar surface area (TPSA) is 70.2 Å². The molecule has 0 radical (unpaired) electrons. The van der Waals surface area contributed by atoms with Crippen molar-refractivity contribution in [3.8, 4) is 0 Å². The summed E-state index contributed by atoms with van der Waals surface area (Å²) in [6.45, 7) is 4.53. The van der Waals surface area contributed by atoms with Gasteiger partial charge in [0.25, 0.3) is 13.6 Å². The Morgan fingerprint density at radius 2 is 1.64 bits per heavy atom. The predicted molar refractivity (Wildman–Crippen MR) is 85.8 cm³/mol. The van der Waals surface area contributed by atoms with Gasteiger partial charge in [0.2, 0.25) is 0 Å². The molecule has 0 spiro atoms. The summed E-state index contributed by atoms with van der Waals surface area (Å²) in [7, 11) is -4.23. The van der Waals surface area contributed by atoms with E-state index in [0.29, 0.717) is 5.56 Å². The highest BCUT2D eigenvalue weighted by molar-refractivity contribution is 14.1. The Bertz CT molecular complexity index is 734. The standard InChI is InChI=1S/C12H12F6IN3O2S/c1-7-4-3-5-9(6-7)25(23,24)22-21-8(2)20-10(19,11(13,14)15)12(16,17)18/h3-6,20-22H,2H2,1H3. The third-order valence-electron chi connectivity index (χ3n) is 2.74. The van der Waals surface area contributed by atoms with Crippen molar-refractivity contribution < 1.29 is 34.8 Å². The van der Waals surface area contributed by atoms with E-state index in [9.17, 15) is 34.8 Å². The Hall–Kier alpha value is -1.22. The number of rotatable bonds is 6. The molecule has 0 fully saturated rings. The minimum Gasteiger partial charge on any atom is -0.342 e. The van der Waals surface area contributed by atoms with E-state index in [-0.39, 0.29) is 27.5 Å². The molecule has 0 aliphatic rings. The molecule has 0 bridgehead atoms. The van der Waals surface area contributed by atoms with Crippen molar-refractivity contribution in [3.05, 3.63) is 42.2 Å². The van der Waals surface area contributed by atoms with Gasteiger partial charge in [-0.25, -0.2) is 8.42 Å². The maximum absolute atomic E-state index is 12.7. The third kappa shape index (κ3) is 5.13. The van der Waals surface area contributed by atoms with Crippen LogP contribution in [0.4, 0.5) is 26.3 Å². The second kappa shape index (κ2) is 7.19. The molecule has 1 aromatic rings. The molecule has 3 N–H and O–H groups in total. The summed E-state index contributed by atoms with van der Waals surface area (Å²) in [5, 5.41) is 1.11. The molecule has 0 saturated heterocycles. The zero-order valence-corrected chi connectivity index (χ0v) is 15.4. The van der Waals surface area contributed by atoms with E-state index < -0.39 is 31.7 Å². The lowest BCUT2D eigenvalue weighted by Gasteiger charge is -2.34. The summed E-state index contributed by atoms with van der Waals surface area (Å²) in [4.78, 5) is 1.41. The van der Waals surface area contributed by atoms with Crippen molar-refractivity contribution in [3.63, 3.8) is 0 Å². The van der Waals surface area contributed by atoms with Crippen LogP contribution in [-0.4, -0.2) is 24.3 Å². The van der Waals surface area contributed by atoms with Crippen molar-refractivity contribution in [2.24, 2.45) is 0 Å². The summed E-state index contributed by atoms with van der Waals surface area (Å²) in [5.41, 5.74) is 2.28. The summed E-state index contributed by atoms with van der Waals surface area (Å²) < 4.78 is 96.0. The lowest BCUT2D eigenvalue weighted by Crippen LogP contribution is -2.62. The van der Waals surface area contributed by atoms with Crippen LogP contribution >= 0.6 is 22.6 Å². The highest BCUT2D eigenvalue weighted by atomic mass is 127. The Morgan fingerprint density at radius 3 is 2.08 bits per heavy atom. The molecule has 0 unspecified atom stereocenters. The monoisotopic (exact) mass is 503 g/mol. The van der Waals surface area contributed by atoms with Gasteiger partial charge in [-0.05, 0) is 47.2 Å². The molecular weight excluding hydrogens is 491 g/mol. The van der Waals surface area contributed by atoms with Crippen LogP contribution in [0.5, 0.6) is 0 Å². The van der Waals surface area contributed by atoms with Gasteiger partial charge in [0.1, 0.15) is 5.82 Å². The normalized spacial score (nSPS) is 13.4. The quantitative estimate of drug-likeness (QED) is 0.184. The van der Waals surface area contributed by atoms with E-state index in [4.69, 9.17) is 0 Å². The molecule has 0 saturated carbocycles. The first-order valence-corrected chi connectivity index (χ1v) is 8.80. The van der Waals surface area contributed by atoms with Gasteiger partial charge in [0.05, 0.1) is 4.90 Å². The van der Waals surface area contributed by atoms with E-state index in [0.717, 1.165) is 5.32 Å². The summed E-state index contributed by atoms with van der Waals surface area (Å²) >= 11 is 0.141. The smallest absolute Gasteiger partial charge is 0.342 e. The number of hydrazine groups is 1. The van der Waals surface area contributed by atoms with Gasteiger partial charge >= 0.3 is 12.4 Å². The van der Waals surface area contributed by atoms with E-state index in [1.54, 1.807) is 23.2 Å². The Kier molecular flexibility index (Phi) is 6.27. The summed E-state index contributed by atoms with van der Waals surface area (Å²) in [6, 6.07) is 5.47. The molecule has 0 aliphatic heterocycles. The number of hydrogen-bond acceptors (Lipinski definition) is 4. The first-order valence-electron chi connectivity index (χ1n) is 6.24. The number of aryl methyl sites for hydroxylation is 1. The molecule has 0 aliphatic carbocycles. The van der Waals surface area contributed by atoms with Gasteiger partial charge in [-0.1, -0.05) is 18.7 Å². The van der Waals surface area contributed by atoms with E-state index >= 15 is 0 Å². The molecule has 1 rings (SSSR count). The Labute approximate surface area is 153 Å². The lowest BCUT2D eigenvalue weighted by molar-refractivity contribution is -0.264. The van der Waals surface area contributed by atoms with Gasteiger partial charge < -0.3 is 5.32 Å². The van der Waals surface area contributed by atoms with Crippen molar-refractivity contribution in [1.82, 2.24) is 15.6 Å². The van der Waals surface area contributed by atoms with E-state index in [2.05, 4.69) is 6.58 Å². The maximum Gasteiger partial charge on any atom is 0.429 e. The molecule has 0 amide bonds. The molecular formula is C12H12F6IN3O2S. The van der Waals surface area contributed by atoms with Crippen LogP contribution in [-0.2, 0) is 10.0 Å². The first-order chi connectivity index (χ1) is 11.1. The summed E-state index contributed by atoms with van der Waals surface area (Å²) in [5.74, 6) is -1.04. The molecule has 0 heterocycles. The number of alkyl halides is 7. The van der Waals surface area contributed by atoms with Gasteiger partial charge in [0, 0.05) is 0 Å². The van der Waals surface area contributed by atoms with Gasteiger partial charge in [-0.3, -0.25) is 5.43 Å². The van der Waals surface area contributed by atoms with Crippen molar-refractivity contribution in [2.45, 2.75) is 27.7 Å².